The number of para-hydroxylation sites is 1. The highest BCUT2D eigenvalue weighted by Crippen LogP contribution is 2.41. The number of rotatable bonds is 1. The Labute approximate surface area is 77.4 Å². The van der Waals surface area contributed by atoms with Gasteiger partial charge in [0.1, 0.15) is 0 Å². The van der Waals surface area contributed by atoms with Crippen LogP contribution in [0.2, 0.25) is 0 Å². The molecule has 64 valence electrons. The first kappa shape index (κ1) is 8.81. The van der Waals surface area contributed by atoms with E-state index in [1.807, 2.05) is 6.07 Å². The van der Waals surface area contributed by atoms with Gasteiger partial charge >= 0.3 is 0 Å². The SMILES string of the molecule is c1ccc(N2PNPNP2)cc1. The molecule has 0 bridgehead atoms. The molecular formula is C6H10N3P3. The van der Waals surface area contributed by atoms with Gasteiger partial charge < -0.3 is 4.44 Å². The number of benzene rings is 1. The van der Waals surface area contributed by atoms with Crippen LogP contribution in [0.4, 0.5) is 5.69 Å². The molecule has 1 heterocycles. The van der Waals surface area contributed by atoms with Crippen LogP contribution in [0.25, 0.3) is 0 Å². The summed E-state index contributed by atoms with van der Waals surface area (Å²) in [6.07, 6.45) is 0. The standard InChI is InChI=1S/C6H10N3P3/c1-2-4-6(5-3-1)9-11-7-10-8-12-9/h1-5,7-8,10-12H. The van der Waals surface area contributed by atoms with Crippen LogP contribution in [-0.2, 0) is 0 Å². The minimum atomic E-state index is 0.716. The summed E-state index contributed by atoms with van der Waals surface area (Å²) >= 11 is 0. The van der Waals surface area contributed by atoms with Gasteiger partial charge in [0.05, 0.1) is 17.8 Å². The van der Waals surface area contributed by atoms with E-state index in [0.717, 1.165) is 0 Å². The number of hydrogen-bond acceptors (Lipinski definition) is 3. The lowest BCUT2D eigenvalue weighted by Gasteiger charge is -2.28. The van der Waals surface area contributed by atoms with E-state index in [-0.39, 0.29) is 0 Å². The summed E-state index contributed by atoms with van der Waals surface area (Å²) in [4.78, 5) is 6.62. The van der Waals surface area contributed by atoms with E-state index in [4.69, 9.17) is 0 Å². The Morgan fingerprint density at radius 3 is 2.33 bits per heavy atom. The van der Waals surface area contributed by atoms with Crippen molar-refractivity contribution < 1.29 is 0 Å². The second-order valence-electron chi connectivity index (χ2n) is 2.27. The molecule has 0 radical (unpaired) electrons. The molecule has 3 nitrogen and oxygen atoms in total. The Hall–Kier alpha value is 0.230. The molecule has 1 saturated heterocycles. The number of nitrogens with zero attached hydrogens (tertiary/aromatic N) is 1. The second kappa shape index (κ2) is 4.46. The molecule has 12 heavy (non-hydrogen) atoms. The van der Waals surface area contributed by atoms with E-state index in [9.17, 15) is 0 Å². The van der Waals surface area contributed by atoms with Crippen molar-refractivity contribution in [2.45, 2.75) is 0 Å². The smallest absolute Gasteiger partial charge is 0.0579 e. The van der Waals surface area contributed by atoms with Gasteiger partial charge in [0.25, 0.3) is 0 Å². The van der Waals surface area contributed by atoms with Crippen molar-refractivity contribution in [2.75, 3.05) is 4.44 Å². The monoisotopic (exact) mass is 217 g/mol. The molecular weight excluding hydrogens is 207 g/mol. The quantitative estimate of drug-likeness (QED) is 0.706. The van der Waals surface area contributed by atoms with E-state index >= 15 is 0 Å². The summed E-state index contributed by atoms with van der Waals surface area (Å²) in [5.41, 5.74) is 1.29. The molecule has 2 N–H and O–H groups in total. The fourth-order valence-electron chi connectivity index (χ4n) is 0.933. The van der Waals surface area contributed by atoms with E-state index in [1.165, 1.54) is 5.69 Å². The third-order valence-corrected chi connectivity index (χ3v) is 5.00. The van der Waals surface area contributed by atoms with Gasteiger partial charge in [-0.15, -0.1) is 0 Å². The maximum absolute atomic E-state index is 3.31. The van der Waals surface area contributed by atoms with Gasteiger partial charge in [-0.25, -0.2) is 9.72 Å². The first-order valence-corrected chi connectivity index (χ1v) is 6.48. The highest BCUT2D eigenvalue weighted by Gasteiger charge is 2.08. The molecule has 0 spiro atoms. The van der Waals surface area contributed by atoms with Crippen molar-refractivity contribution in [2.24, 2.45) is 0 Å². The lowest BCUT2D eigenvalue weighted by atomic mass is 10.3. The Balaban J connectivity index is 2.08. The summed E-state index contributed by atoms with van der Waals surface area (Å²) in [6, 6.07) is 10.5. The summed E-state index contributed by atoms with van der Waals surface area (Å²) in [5.74, 6) is 0. The van der Waals surface area contributed by atoms with Gasteiger partial charge in [-0.2, -0.15) is 0 Å². The first-order chi connectivity index (χ1) is 5.97. The third-order valence-electron chi connectivity index (χ3n) is 1.47. The molecule has 6 heteroatoms. The van der Waals surface area contributed by atoms with Crippen LogP contribution in [0.3, 0.4) is 0 Å². The molecule has 0 aromatic heterocycles. The zero-order valence-electron chi connectivity index (χ0n) is 6.33. The maximum atomic E-state index is 3.31. The lowest BCUT2D eigenvalue weighted by Crippen LogP contribution is -2.14. The highest BCUT2D eigenvalue weighted by molar-refractivity contribution is 7.70. The predicted octanol–water partition coefficient (Wildman–Crippen LogP) is 2.21. The Morgan fingerprint density at radius 2 is 1.67 bits per heavy atom. The van der Waals surface area contributed by atoms with Gasteiger partial charge in [-0.1, -0.05) is 18.2 Å². The van der Waals surface area contributed by atoms with Crippen LogP contribution in [0.15, 0.2) is 30.3 Å². The summed E-state index contributed by atoms with van der Waals surface area (Å²) in [5, 5.41) is 0. The fourth-order valence-corrected chi connectivity index (χ4v) is 4.87. The van der Waals surface area contributed by atoms with Crippen molar-refractivity contribution in [3.05, 3.63) is 30.3 Å². The fraction of sp³-hybridized carbons (Fsp3) is 0. The van der Waals surface area contributed by atoms with Crippen molar-refractivity contribution in [3.8, 4) is 0 Å². The molecule has 2 atom stereocenters. The van der Waals surface area contributed by atoms with Crippen LogP contribution < -0.4 is 14.2 Å². The number of nitrogens with one attached hydrogen (secondary N) is 2. The normalized spacial score (nSPS) is 23.8. The van der Waals surface area contributed by atoms with Crippen LogP contribution in [-0.4, -0.2) is 0 Å². The number of hydrogen-bond donors (Lipinski definition) is 2. The zero-order chi connectivity index (χ0) is 8.23. The first-order valence-electron chi connectivity index (χ1n) is 3.58. The van der Waals surface area contributed by atoms with Crippen molar-refractivity contribution >= 4 is 32.3 Å². The van der Waals surface area contributed by atoms with Gasteiger partial charge in [0, 0.05) is 14.6 Å². The van der Waals surface area contributed by atoms with E-state index in [0.29, 0.717) is 26.6 Å². The number of anilines is 1. The van der Waals surface area contributed by atoms with E-state index < -0.39 is 0 Å². The largest absolute Gasteiger partial charge is 0.308 e. The van der Waals surface area contributed by atoms with Crippen molar-refractivity contribution in [3.63, 3.8) is 0 Å². The molecule has 0 aliphatic carbocycles. The molecule has 1 aliphatic rings. The minimum Gasteiger partial charge on any atom is -0.308 e. The molecule has 1 aromatic carbocycles. The molecule has 0 amide bonds. The minimum absolute atomic E-state index is 0.716. The van der Waals surface area contributed by atoms with E-state index in [2.05, 4.69) is 38.4 Å². The molecule has 2 unspecified atom stereocenters. The molecule has 1 aliphatic heterocycles. The zero-order valence-corrected chi connectivity index (χ0v) is 9.33. The molecule has 1 fully saturated rings. The van der Waals surface area contributed by atoms with Gasteiger partial charge in [-0.05, 0) is 12.1 Å². The lowest BCUT2D eigenvalue weighted by molar-refractivity contribution is 1.45. The van der Waals surface area contributed by atoms with Crippen LogP contribution in [0, 0.1) is 0 Å². The molecule has 2 rings (SSSR count). The van der Waals surface area contributed by atoms with E-state index in [1.54, 1.807) is 0 Å². The maximum Gasteiger partial charge on any atom is 0.0579 e. The topological polar surface area (TPSA) is 27.3 Å². The van der Waals surface area contributed by atoms with Gasteiger partial charge in [0.15, 0.2) is 0 Å². The average molecular weight is 217 g/mol. The molecule has 0 saturated carbocycles. The van der Waals surface area contributed by atoms with Gasteiger partial charge in [0.2, 0.25) is 0 Å². The van der Waals surface area contributed by atoms with Crippen molar-refractivity contribution in [1.82, 2.24) is 9.72 Å². The summed E-state index contributed by atoms with van der Waals surface area (Å²) in [6.45, 7) is 0. The van der Waals surface area contributed by atoms with Crippen LogP contribution in [0.5, 0.6) is 0 Å². The van der Waals surface area contributed by atoms with Crippen molar-refractivity contribution in [1.29, 1.82) is 0 Å². The second-order valence-corrected chi connectivity index (χ2v) is 6.31. The predicted molar refractivity (Wildman–Crippen MR) is 60.1 cm³/mol. The third kappa shape index (κ3) is 2.13. The summed E-state index contributed by atoms with van der Waals surface area (Å²) < 4.78 is 2.32. The Bertz CT molecular complexity index is 237. The van der Waals surface area contributed by atoms with Crippen LogP contribution >= 0.6 is 26.6 Å². The Kier molecular flexibility index (Phi) is 3.28. The van der Waals surface area contributed by atoms with Crippen LogP contribution in [0.1, 0.15) is 0 Å². The Morgan fingerprint density at radius 1 is 1.00 bits per heavy atom. The summed E-state index contributed by atoms with van der Waals surface area (Å²) in [7, 11) is 2.15. The highest BCUT2D eigenvalue weighted by atomic mass is 31.2. The molecule has 1 aromatic rings. The van der Waals surface area contributed by atoms with Gasteiger partial charge in [-0.3, -0.25) is 0 Å². The average Bonchev–Trinajstić information content (AvgIpc) is 2.21.